The maximum Gasteiger partial charge on any atom is 0.271 e. The number of hydrogen-bond donors (Lipinski definition) is 3. The molecule has 0 aliphatic rings. The van der Waals surface area contributed by atoms with Crippen molar-refractivity contribution in [3.8, 4) is 0 Å². The largest absolute Gasteiger partial charge is 0.340 e. The number of carbonyl (C=O) groups excluding carboxylic acids is 1. The molecule has 0 saturated heterocycles. The Morgan fingerprint density at radius 3 is 2.46 bits per heavy atom. The highest BCUT2D eigenvalue weighted by Crippen LogP contribution is 2.38. The van der Waals surface area contributed by atoms with Crippen LogP contribution in [0.5, 0.6) is 0 Å². The summed E-state index contributed by atoms with van der Waals surface area (Å²) in [6, 6.07) is 4.10. The van der Waals surface area contributed by atoms with Gasteiger partial charge in [0, 0.05) is 12.2 Å². The van der Waals surface area contributed by atoms with E-state index >= 15 is 4.39 Å². The molecule has 0 saturated carbocycles. The summed E-state index contributed by atoms with van der Waals surface area (Å²) < 4.78 is 82.4. The third kappa shape index (κ3) is 5.60. The van der Waals surface area contributed by atoms with Crippen LogP contribution in [0.25, 0.3) is 11.0 Å². The van der Waals surface area contributed by atoms with E-state index in [0.717, 1.165) is 31.7 Å². The molecule has 1 amide bonds. The lowest BCUT2D eigenvalue weighted by Gasteiger charge is -2.33. The highest BCUT2D eigenvalue weighted by Gasteiger charge is 2.45. The van der Waals surface area contributed by atoms with E-state index in [4.69, 9.17) is 5.73 Å². The number of fused-ring (bicyclic) bond motifs is 1. The smallest absolute Gasteiger partial charge is 0.271 e. The fourth-order valence-electron chi connectivity index (χ4n) is 3.43. The lowest BCUT2D eigenvalue weighted by Crippen LogP contribution is -2.45. The van der Waals surface area contributed by atoms with Crippen molar-refractivity contribution in [1.29, 1.82) is 0 Å². The van der Waals surface area contributed by atoms with Crippen LogP contribution in [0, 0.1) is 5.41 Å². The quantitative estimate of drug-likeness (QED) is 0.354. The fourth-order valence-corrected chi connectivity index (χ4v) is 3.43. The van der Waals surface area contributed by atoms with E-state index in [-0.39, 0.29) is 17.6 Å². The predicted molar refractivity (Wildman–Crippen MR) is 117 cm³/mol. The van der Waals surface area contributed by atoms with Gasteiger partial charge in [0.2, 0.25) is 6.43 Å². The van der Waals surface area contributed by atoms with Crippen molar-refractivity contribution < 1.29 is 31.1 Å². The number of halogens is 6. The molecule has 0 fully saturated rings. The zero-order valence-electron chi connectivity index (χ0n) is 19.2. The minimum Gasteiger partial charge on any atom is -0.340 e. The van der Waals surface area contributed by atoms with Gasteiger partial charge in [0.25, 0.3) is 12.3 Å². The van der Waals surface area contributed by atoms with Gasteiger partial charge in [-0.15, -0.1) is 0 Å². The van der Waals surface area contributed by atoms with Crippen molar-refractivity contribution in [2.24, 2.45) is 11.1 Å². The van der Waals surface area contributed by atoms with Crippen LogP contribution in [-0.4, -0.2) is 50.8 Å². The summed E-state index contributed by atoms with van der Waals surface area (Å²) in [6.07, 6.45) is -10.2. The number of nitrogens with zero attached hydrogens (tertiary/aromatic N) is 3. The fraction of sp³-hybridized carbons (Fsp3) is 0.500. The second-order valence-corrected chi connectivity index (χ2v) is 8.91. The summed E-state index contributed by atoms with van der Waals surface area (Å²) in [7, 11) is 0. The highest BCUT2D eigenvalue weighted by molar-refractivity contribution is 5.92. The molecule has 192 valence electrons. The third-order valence-electron chi connectivity index (χ3n) is 5.77. The Morgan fingerprint density at radius 1 is 1.17 bits per heavy atom. The van der Waals surface area contributed by atoms with E-state index in [1.165, 1.54) is 0 Å². The van der Waals surface area contributed by atoms with Gasteiger partial charge >= 0.3 is 0 Å². The summed E-state index contributed by atoms with van der Waals surface area (Å²) in [6.45, 7) is 2.82. The zero-order valence-corrected chi connectivity index (χ0v) is 19.2. The number of hydrogen-bond acceptors (Lipinski definition) is 4. The van der Waals surface area contributed by atoms with Gasteiger partial charge in [-0.1, -0.05) is 19.9 Å². The number of nitrogens with one attached hydrogen (secondary N) is 2. The van der Waals surface area contributed by atoms with Crippen molar-refractivity contribution in [3.05, 3.63) is 47.5 Å². The molecule has 3 rings (SSSR count). The van der Waals surface area contributed by atoms with Gasteiger partial charge in [-0.05, 0) is 30.7 Å². The second kappa shape index (κ2) is 10.3. The average Bonchev–Trinajstić information content (AvgIpc) is 3.42. The van der Waals surface area contributed by atoms with Gasteiger partial charge in [-0.3, -0.25) is 9.48 Å². The Kier molecular flexibility index (Phi) is 7.77. The van der Waals surface area contributed by atoms with Gasteiger partial charge < -0.3 is 16.0 Å². The number of rotatable bonds is 10. The van der Waals surface area contributed by atoms with Gasteiger partial charge in [0.1, 0.15) is 23.7 Å². The van der Waals surface area contributed by atoms with E-state index in [1.54, 1.807) is 25.1 Å². The van der Waals surface area contributed by atoms with Crippen LogP contribution < -0.4 is 11.1 Å². The molecule has 35 heavy (non-hydrogen) atoms. The van der Waals surface area contributed by atoms with E-state index in [0.29, 0.717) is 15.7 Å². The van der Waals surface area contributed by atoms with Crippen LogP contribution in [0.3, 0.4) is 0 Å². The molecular formula is C22H26F6N6O. The molecule has 13 heteroatoms. The van der Waals surface area contributed by atoms with E-state index in [9.17, 15) is 26.7 Å². The monoisotopic (exact) mass is 504 g/mol. The van der Waals surface area contributed by atoms with E-state index < -0.39 is 49.1 Å². The Balaban J connectivity index is 1.99. The average molecular weight is 504 g/mol. The number of alkyl halides is 6. The summed E-state index contributed by atoms with van der Waals surface area (Å²) in [4.78, 5) is 20.0. The van der Waals surface area contributed by atoms with E-state index in [2.05, 4.69) is 20.4 Å². The van der Waals surface area contributed by atoms with Crippen molar-refractivity contribution in [2.45, 2.75) is 64.6 Å². The minimum absolute atomic E-state index is 0.140. The van der Waals surface area contributed by atoms with Crippen molar-refractivity contribution >= 4 is 16.9 Å². The predicted octanol–water partition coefficient (Wildman–Crippen LogP) is 4.48. The minimum atomic E-state index is -3.30. The summed E-state index contributed by atoms with van der Waals surface area (Å²) in [5.74, 6) is -1.17. The Morgan fingerprint density at radius 2 is 1.86 bits per heavy atom. The SMILES string of the molecule is CC(N)c1ccc2[nH]c([C@H](NC(=O)c3ccnn3CC(F)C(F)F)C(F)C(C)(C)C(F)F)nc2c1. The number of nitrogens with two attached hydrogens (primary N) is 1. The van der Waals surface area contributed by atoms with Crippen LogP contribution in [0.4, 0.5) is 26.3 Å². The molecule has 0 aliphatic carbocycles. The molecule has 0 bridgehead atoms. The molecule has 7 nitrogen and oxygen atoms in total. The first-order chi connectivity index (χ1) is 16.3. The number of benzene rings is 1. The van der Waals surface area contributed by atoms with Gasteiger partial charge in [0.05, 0.1) is 23.0 Å². The number of aromatic amines is 1. The lowest BCUT2D eigenvalue weighted by atomic mass is 9.83. The normalized spacial score (nSPS) is 16.0. The van der Waals surface area contributed by atoms with Crippen LogP contribution >= 0.6 is 0 Å². The molecular weight excluding hydrogens is 478 g/mol. The molecule has 1 aromatic carbocycles. The third-order valence-corrected chi connectivity index (χ3v) is 5.77. The summed E-state index contributed by atoms with van der Waals surface area (Å²) >= 11 is 0. The Hall–Kier alpha value is -3.09. The molecule has 0 aliphatic heterocycles. The molecule has 3 aromatic rings. The summed E-state index contributed by atoms with van der Waals surface area (Å²) in [5.41, 5.74) is 4.88. The second-order valence-electron chi connectivity index (χ2n) is 8.91. The van der Waals surface area contributed by atoms with Crippen LogP contribution in [0.15, 0.2) is 30.5 Å². The van der Waals surface area contributed by atoms with Crippen molar-refractivity contribution in [2.75, 3.05) is 0 Å². The first-order valence-corrected chi connectivity index (χ1v) is 10.7. The maximum absolute atomic E-state index is 15.6. The van der Waals surface area contributed by atoms with Crippen LogP contribution in [0.1, 0.15) is 54.7 Å². The van der Waals surface area contributed by atoms with Gasteiger partial charge in [-0.2, -0.15) is 5.10 Å². The molecule has 2 aromatic heterocycles. The van der Waals surface area contributed by atoms with Crippen LogP contribution in [0.2, 0.25) is 0 Å². The number of carbonyl (C=O) groups is 1. The van der Waals surface area contributed by atoms with Crippen molar-refractivity contribution in [1.82, 2.24) is 25.1 Å². The molecule has 4 N–H and O–H groups in total. The molecule has 0 spiro atoms. The first-order valence-electron chi connectivity index (χ1n) is 10.7. The standard InChI is InChI=1S/C22H26F6N6O/c1-10(29)11-4-5-13-14(8-11)32-19(31-13)16(17(24)22(2,3)21(27)28)33-20(35)15-6-7-30-34(15)9-12(23)18(25)26/h4-8,10,12,16-18,21H,9,29H2,1-3H3,(H,31,32)(H,33,35)/t10?,12?,16-,17?/m1/s1. The zero-order chi connectivity index (χ0) is 26.1. The van der Waals surface area contributed by atoms with E-state index in [1.807, 2.05) is 0 Å². The maximum atomic E-state index is 15.6. The number of H-pyrrole nitrogens is 1. The van der Waals surface area contributed by atoms with Gasteiger partial charge in [0.15, 0.2) is 6.17 Å². The molecule has 4 atom stereocenters. The Bertz CT molecular complexity index is 1160. The highest BCUT2D eigenvalue weighted by atomic mass is 19.3. The topological polar surface area (TPSA) is 102 Å². The first kappa shape index (κ1) is 26.5. The Labute approximate surface area is 197 Å². The number of imidazole rings is 1. The molecule has 3 unspecified atom stereocenters. The van der Waals surface area contributed by atoms with Crippen molar-refractivity contribution in [3.63, 3.8) is 0 Å². The van der Waals surface area contributed by atoms with Crippen LogP contribution in [-0.2, 0) is 6.54 Å². The lowest BCUT2D eigenvalue weighted by molar-refractivity contribution is -0.0469. The number of amides is 1. The number of aromatic nitrogens is 4. The summed E-state index contributed by atoms with van der Waals surface area (Å²) in [5, 5.41) is 5.96. The van der Waals surface area contributed by atoms with Gasteiger partial charge in [-0.25, -0.2) is 31.3 Å². The molecule has 0 radical (unpaired) electrons. The molecule has 2 heterocycles.